The van der Waals surface area contributed by atoms with Crippen LogP contribution in [0.1, 0.15) is 20.8 Å². The Balaban J connectivity index is 0. The van der Waals surface area contributed by atoms with Gasteiger partial charge in [-0.25, -0.2) is 0 Å². The van der Waals surface area contributed by atoms with Gasteiger partial charge >= 0.3 is 0 Å². The number of halogens is 1. The van der Waals surface area contributed by atoms with E-state index in [9.17, 15) is 0 Å². The lowest BCUT2D eigenvalue weighted by molar-refractivity contribution is -0.0881. The third-order valence-electron chi connectivity index (χ3n) is 1.95. The van der Waals surface area contributed by atoms with Gasteiger partial charge in [0.15, 0.2) is 0 Å². The monoisotopic (exact) mass is 301 g/mol. The Morgan fingerprint density at radius 3 is 2.12 bits per heavy atom. The second kappa shape index (κ2) is 10.4. The van der Waals surface area contributed by atoms with Gasteiger partial charge < -0.3 is 25.1 Å². The molecule has 0 aromatic heterocycles. The average Bonchev–Trinajstić information content (AvgIpc) is 2.21. The summed E-state index contributed by atoms with van der Waals surface area (Å²) in [4.78, 5) is 0. The molecule has 0 aliphatic rings. The maximum Gasteiger partial charge on any atom is 0.131 e. The van der Waals surface area contributed by atoms with Crippen LogP contribution in [0.2, 0.25) is 0 Å². The van der Waals surface area contributed by atoms with Gasteiger partial charge in [-0.05, 0) is 20.8 Å². The van der Waals surface area contributed by atoms with Gasteiger partial charge in [-0.3, -0.25) is 0 Å². The number of aliphatic hydroxyl groups is 1. The normalized spacial score (nSPS) is 18.4. The highest BCUT2D eigenvalue weighted by atomic mass is 79.9. The van der Waals surface area contributed by atoms with Gasteiger partial charge in [0.1, 0.15) is 6.23 Å². The van der Waals surface area contributed by atoms with Gasteiger partial charge in [0.2, 0.25) is 0 Å². The second-order valence-corrected chi connectivity index (χ2v) is 3.73. The minimum absolute atomic E-state index is 0. The Morgan fingerprint density at radius 2 is 1.69 bits per heavy atom. The van der Waals surface area contributed by atoms with E-state index in [2.05, 4.69) is 0 Å². The van der Waals surface area contributed by atoms with Crippen LogP contribution in [-0.2, 0) is 14.2 Å². The van der Waals surface area contributed by atoms with Crippen molar-refractivity contribution in [2.45, 2.75) is 45.3 Å². The van der Waals surface area contributed by atoms with Crippen LogP contribution in [0.25, 0.3) is 0 Å². The number of nitrogens with two attached hydrogens (primary N) is 1. The first-order chi connectivity index (χ1) is 6.97. The minimum atomic E-state index is -0.453. The molecular weight excluding hydrogens is 278 g/mol. The van der Waals surface area contributed by atoms with E-state index in [4.69, 9.17) is 25.1 Å². The van der Waals surface area contributed by atoms with Gasteiger partial charge in [-0.1, -0.05) is 0 Å². The predicted octanol–water partition coefficient (Wildman–Crippen LogP) is 0.687. The average molecular weight is 302 g/mol. The third kappa shape index (κ3) is 9.50. The zero-order valence-electron chi connectivity index (χ0n) is 10.4. The van der Waals surface area contributed by atoms with E-state index in [1.165, 1.54) is 7.11 Å². The number of ether oxygens (including phenoxy) is 3. The first-order valence-corrected chi connectivity index (χ1v) is 5.17. The molecule has 0 aliphatic heterocycles. The highest BCUT2D eigenvalue weighted by Gasteiger charge is 2.13. The molecule has 0 radical (unpaired) electrons. The molecule has 0 aliphatic carbocycles. The van der Waals surface area contributed by atoms with Crippen molar-refractivity contribution in [3.05, 3.63) is 0 Å². The molecule has 4 unspecified atom stereocenters. The summed E-state index contributed by atoms with van der Waals surface area (Å²) in [6, 6.07) is 0. The van der Waals surface area contributed by atoms with Gasteiger partial charge in [-0.2, -0.15) is 0 Å². The van der Waals surface area contributed by atoms with Gasteiger partial charge in [-0.15, -0.1) is 17.0 Å². The van der Waals surface area contributed by atoms with Crippen LogP contribution < -0.4 is 5.73 Å². The molecule has 0 saturated carbocycles. The number of hydrogen-bond acceptors (Lipinski definition) is 5. The summed E-state index contributed by atoms with van der Waals surface area (Å²) < 4.78 is 15.7. The molecule has 0 saturated heterocycles. The summed E-state index contributed by atoms with van der Waals surface area (Å²) in [6.45, 7) is 6.15. The molecule has 6 heteroatoms. The Kier molecular flexibility index (Phi) is 12.2. The molecule has 0 aromatic carbocycles. The minimum Gasteiger partial charge on any atom is -0.391 e. The summed E-state index contributed by atoms with van der Waals surface area (Å²) in [7, 11) is 1.54. The SMILES string of the molecule is Br.COC(N)C(C)OCC(C)OCC(C)O. The van der Waals surface area contributed by atoms with Crippen molar-refractivity contribution in [3.8, 4) is 0 Å². The van der Waals surface area contributed by atoms with Gasteiger partial charge in [0, 0.05) is 7.11 Å². The number of hydrogen-bond donors (Lipinski definition) is 2. The Bertz CT molecular complexity index is 160. The van der Waals surface area contributed by atoms with Crippen LogP contribution >= 0.6 is 17.0 Å². The maximum atomic E-state index is 9.00. The van der Waals surface area contributed by atoms with E-state index < -0.39 is 12.3 Å². The Morgan fingerprint density at radius 1 is 1.12 bits per heavy atom. The lowest BCUT2D eigenvalue weighted by Gasteiger charge is -2.21. The molecule has 0 spiro atoms. The van der Waals surface area contributed by atoms with E-state index in [1.807, 2.05) is 13.8 Å². The van der Waals surface area contributed by atoms with Crippen LogP contribution in [-0.4, -0.2) is 50.0 Å². The highest BCUT2D eigenvalue weighted by Crippen LogP contribution is 2.01. The fourth-order valence-electron chi connectivity index (χ4n) is 0.925. The first-order valence-electron chi connectivity index (χ1n) is 5.17. The van der Waals surface area contributed by atoms with Crippen molar-refractivity contribution in [2.24, 2.45) is 5.73 Å². The molecule has 4 atom stereocenters. The van der Waals surface area contributed by atoms with E-state index in [0.717, 1.165) is 0 Å². The summed E-state index contributed by atoms with van der Waals surface area (Å²) in [6.07, 6.45) is -1.11. The largest absolute Gasteiger partial charge is 0.391 e. The van der Waals surface area contributed by atoms with Crippen molar-refractivity contribution >= 4 is 17.0 Å². The molecule has 0 fully saturated rings. The van der Waals surface area contributed by atoms with Crippen LogP contribution in [0.3, 0.4) is 0 Å². The van der Waals surface area contributed by atoms with Crippen LogP contribution in [0.5, 0.6) is 0 Å². The lowest BCUT2D eigenvalue weighted by atomic mass is 10.3. The van der Waals surface area contributed by atoms with Crippen LogP contribution in [0, 0.1) is 0 Å². The molecule has 0 heterocycles. The molecule has 100 valence electrons. The van der Waals surface area contributed by atoms with Crippen LogP contribution in [0.4, 0.5) is 0 Å². The van der Waals surface area contributed by atoms with Crippen molar-refractivity contribution in [1.82, 2.24) is 0 Å². The Hall–Kier alpha value is 0.280. The summed E-state index contributed by atoms with van der Waals surface area (Å²) in [5.41, 5.74) is 5.60. The van der Waals surface area contributed by atoms with E-state index >= 15 is 0 Å². The zero-order valence-corrected chi connectivity index (χ0v) is 12.1. The van der Waals surface area contributed by atoms with Gasteiger partial charge in [0.05, 0.1) is 31.5 Å². The lowest BCUT2D eigenvalue weighted by Crippen LogP contribution is -2.37. The number of aliphatic hydroxyl groups excluding tert-OH is 1. The first kappa shape index (κ1) is 18.6. The van der Waals surface area contributed by atoms with Crippen LogP contribution in [0.15, 0.2) is 0 Å². The second-order valence-electron chi connectivity index (χ2n) is 3.73. The van der Waals surface area contributed by atoms with E-state index in [-0.39, 0.29) is 29.2 Å². The molecular formula is C10H24BrNO4. The Labute approximate surface area is 108 Å². The molecule has 3 N–H and O–H groups in total. The molecule has 5 nitrogen and oxygen atoms in total. The number of methoxy groups -OCH3 is 1. The van der Waals surface area contributed by atoms with Crippen molar-refractivity contribution in [2.75, 3.05) is 20.3 Å². The fraction of sp³-hybridized carbons (Fsp3) is 1.00. The molecule has 16 heavy (non-hydrogen) atoms. The molecule has 0 bridgehead atoms. The molecule has 0 amide bonds. The fourth-order valence-corrected chi connectivity index (χ4v) is 0.925. The van der Waals surface area contributed by atoms with Crippen molar-refractivity contribution < 1.29 is 19.3 Å². The third-order valence-corrected chi connectivity index (χ3v) is 1.95. The highest BCUT2D eigenvalue weighted by molar-refractivity contribution is 8.93. The molecule has 0 aromatic rings. The van der Waals surface area contributed by atoms with E-state index in [0.29, 0.717) is 13.2 Å². The smallest absolute Gasteiger partial charge is 0.131 e. The van der Waals surface area contributed by atoms with Crippen molar-refractivity contribution in [3.63, 3.8) is 0 Å². The maximum absolute atomic E-state index is 9.00. The van der Waals surface area contributed by atoms with E-state index in [1.54, 1.807) is 6.92 Å². The predicted molar refractivity (Wildman–Crippen MR) is 67.8 cm³/mol. The molecule has 0 rings (SSSR count). The summed E-state index contributed by atoms with van der Waals surface area (Å²) in [5.74, 6) is 0. The topological polar surface area (TPSA) is 73.9 Å². The van der Waals surface area contributed by atoms with Gasteiger partial charge in [0.25, 0.3) is 0 Å². The summed E-state index contributed by atoms with van der Waals surface area (Å²) in [5, 5.41) is 9.00. The standard InChI is InChI=1S/C10H23NO4.BrH/c1-7(12)5-14-8(2)6-15-9(3)10(11)13-4;/h7-10,12H,5-6,11H2,1-4H3;1H. The zero-order chi connectivity index (χ0) is 11.8. The number of rotatable bonds is 8. The summed E-state index contributed by atoms with van der Waals surface area (Å²) >= 11 is 0. The quantitative estimate of drug-likeness (QED) is 0.645. The van der Waals surface area contributed by atoms with Crippen molar-refractivity contribution in [1.29, 1.82) is 0 Å².